The molecule has 3 aliphatic rings. The van der Waals surface area contributed by atoms with Crippen LogP contribution in [0.5, 0.6) is 5.75 Å². The van der Waals surface area contributed by atoms with Crippen LogP contribution in [-0.4, -0.2) is 41.2 Å². The van der Waals surface area contributed by atoms with E-state index in [9.17, 15) is 0 Å². The molecule has 6 rings (SSSR count). The number of thiocarbonyl (C=S) groups is 1. The first-order valence-electron chi connectivity index (χ1n) is 12.8. The molecule has 2 bridgehead atoms. The first-order valence-corrected chi connectivity index (χ1v) is 13.2. The van der Waals surface area contributed by atoms with Crippen molar-refractivity contribution in [1.29, 1.82) is 0 Å². The van der Waals surface area contributed by atoms with Crippen molar-refractivity contribution in [1.82, 2.24) is 15.2 Å². The van der Waals surface area contributed by atoms with Gasteiger partial charge in [-0.3, -0.25) is 9.88 Å². The minimum atomic E-state index is 0.0160. The van der Waals surface area contributed by atoms with Gasteiger partial charge in [0, 0.05) is 29.9 Å². The van der Waals surface area contributed by atoms with E-state index in [4.69, 9.17) is 17.0 Å². The zero-order valence-corrected chi connectivity index (χ0v) is 22.5. The van der Waals surface area contributed by atoms with Crippen LogP contribution in [0, 0.1) is 32.6 Å². The van der Waals surface area contributed by atoms with Gasteiger partial charge in [0.1, 0.15) is 5.75 Å². The molecule has 1 unspecified atom stereocenters. The van der Waals surface area contributed by atoms with Crippen molar-refractivity contribution in [2.75, 3.05) is 25.5 Å². The number of hydrogen-bond donors (Lipinski definition) is 2. The lowest BCUT2D eigenvalue weighted by atomic mass is 9.73. The fourth-order valence-corrected chi connectivity index (χ4v) is 6.55. The number of fused-ring (bicyclic) bond motifs is 4. The monoisotopic (exact) mass is 500 g/mol. The molecule has 0 aliphatic carbocycles. The third-order valence-corrected chi connectivity index (χ3v) is 8.28. The first-order chi connectivity index (χ1) is 17.4. The lowest BCUT2D eigenvalue weighted by Crippen LogP contribution is -2.57. The molecule has 3 fully saturated rings. The van der Waals surface area contributed by atoms with E-state index in [-0.39, 0.29) is 6.04 Å². The van der Waals surface area contributed by atoms with Crippen molar-refractivity contribution in [3.05, 3.63) is 77.5 Å². The maximum absolute atomic E-state index is 5.94. The molecule has 0 amide bonds. The second-order valence-corrected chi connectivity index (χ2v) is 10.8. The molecule has 4 heterocycles. The third-order valence-electron chi connectivity index (χ3n) is 8.06. The van der Waals surface area contributed by atoms with Crippen LogP contribution in [-0.2, 0) is 0 Å². The van der Waals surface area contributed by atoms with Crippen molar-refractivity contribution < 1.29 is 4.74 Å². The van der Waals surface area contributed by atoms with Gasteiger partial charge in [-0.1, -0.05) is 23.8 Å². The number of anilines is 1. The van der Waals surface area contributed by atoms with Gasteiger partial charge in [0.2, 0.25) is 0 Å². The second kappa shape index (κ2) is 10.2. The minimum Gasteiger partial charge on any atom is -0.497 e. The molecule has 3 aromatic rings. The number of pyridine rings is 1. The summed E-state index contributed by atoms with van der Waals surface area (Å²) in [4.78, 5) is 7.26. The number of methoxy groups -OCH3 is 1. The Morgan fingerprint density at radius 2 is 1.97 bits per heavy atom. The molecule has 2 aromatic carbocycles. The topological polar surface area (TPSA) is 49.4 Å². The molecule has 1 aromatic heterocycles. The Balaban J connectivity index is 1.52. The highest BCUT2D eigenvalue weighted by Crippen LogP contribution is 2.42. The summed E-state index contributed by atoms with van der Waals surface area (Å²) < 4.78 is 5.57. The second-order valence-electron chi connectivity index (χ2n) is 10.4. The van der Waals surface area contributed by atoms with E-state index in [2.05, 4.69) is 78.2 Å². The number of aromatic nitrogens is 1. The summed E-state index contributed by atoms with van der Waals surface area (Å²) in [5.74, 6) is 2.06. The predicted octanol–water partition coefficient (Wildman–Crippen LogP) is 6.09. The van der Waals surface area contributed by atoms with Gasteiger partial charge in [-0.05, 0) is 105 Å². The predicted molar refractivity (Wildman–Crippen MR) is 153 cm³/mol. The zero-order valence-electron chi connectivity index (χ0n) is 21.7. The van der Waals surface area contributed by atoms with Crippen molar-refractivity contribution in [3.8, 4) is 5.75 Å². The highest BCUT2D eigenvalue weighted by molar-refractivity contribution is 7.80. The molecule has 2 N–H and O–H groups in total. The van der Waals surface area contributed by atoms with Gasteiger partial charge < -0.3 is 15.4 Å². The van der Waals surface area contributed by atoms with E-state index in [0.717, 1.165) is 41.9 Å². The smallest absolute Gasteiger partial charge is 0.171 e. The van der Waals surface area contributed by atoms with Gasteiger partial charge in [-0.15, -0.1) is 6.58 Å². The Hall–Kier alpha value is -2.96. The first kappa shape index (κ1) is 24.7. The summed E-state index contributed by atoms with van der Waals surface area (Å²) in [5.41, 5.74) is 6.89. The Morgan fingerprint density at radius 1 is 1.19 bits per heavy atom. The number of hydrogen-bond acceptors (Lipinski definition) is 4. The maximum atomic E-state index is 5.94. The summed E-state index contributed by atoms with van der Waals surface area (Å²) in [6.45, 7) is 12.7. The van der Waals surface area contributed by atoms with Crippen LogP contribution in [0.25, 0.3) is 10.9 Å². The number of nitrogens with zero attached hydrogens (tertiary/aromatic N) is 2. The standard InChI is InChI=1S/C30H36N4OS/c1-6-21-17-34-12-10-22(21)15-27(34)29(24-9-11-31-26-8-7-23(35-5)16-25(24)26)33-30(36)32-28-19(3)13-18(2)14-20(28)4/h6-9,11,13-14,16,21-22,27,29H,1,10,12,15,17H2,2-5H3,(H2,32,33,36)/t21-,22+,27-,29+/m0/s1. The highest BCUT2D eigenvalue weighted by atomic mass is 32.1. The fourth-order valence-electron chi connectivity index (χ4n) is 6.32. The van der Waals surface area contributed by atoms with E-state index in [1.807, 2.05) is 18.3 Å². The fraction of sp³-hybridized carbons (Fsp3) is 0.400. The molecule has 36 heavy (non-hydrogen) atoms. The maximum Gasteiger partial charge on any atom is 0.171 e. The van der Waals surface area contributed by atoms with E-state index < -0.39 is 0 Å². The van der Waals surface area contributed by atoms with Crippen molar-refractivity contribution in [2.24, 2.45) is 11.8 Å². The highest BCUT2D eigenvalue weighted by Gasteiger charge is 2.43. The number of ether oxygens (including phenoxy) is 1. The molecule has 5 nitrogen and oxygen atoms in total. The summed E-state index contributed by atoms with van der Waals surface area (Å²) in [5, 5.41) is 9.02. The van der Waals surface area contributed by atoms with Crippen LogP contribution in [0.1, 0.15) is 41.1 Å². The van der Waals surface area contributed by atoms with Crippen LogP contribution in [0.15, 0.2) is 55.3 Å². The van der Waals surface area contributed by atoms with Gasteiger partial charge >= 0.3 is 0 Å². The molecule has 0 spiro atoms. The van der Waals surface area contributed by atoms with Gasteiger partial charge in [0.15, 0.2) is 5.11 Å². The van der Waals surface area contributed by atoms with Gasteiger partial charge in [-0.2, -0.15) is 0 Å². The molecule has 0 radical (unpaired) electrons. The molecule has 3 aliphatic heterocycles. The Bertz CT molecular complexity index is 1280. The average Bonchev–Trinajstić information content (AvgIpc) is 2.89. The molecule has 5 atom stereocenters. The normalized spacial score (nSPS) is 23.8. The van der Waals surface area contributed by atoms with E-state index in [1.165, 1.54) is 28.7 Å². The number of benzene rings is 2. The van der Waals surface area contributed by atoms with Crippen LogP contribution in [0.2, 0.25) is 0 Å². The Kier molecular flexibility index (Phi) is 7.00. The van der Waals surface area contributed by atoms with Crippen LogP contribution < -0.4 is 15.4 Å². The SMILES string of the molecule is C=C[C@H]1CN2CC[C@@H]1C[C@H]2[C@H](NC(=S)Nc1c(C)cc(C)cc1C)c1ccnc2ccc(OC)cc12. The summed E-state index contributed by atoms with van der Waals surface area (Å²) in [6.07, 6.45) is 6.41. The molecule has 3 saturated heterocycles. The summed E-state index contributed by atoms with van der Waals surface area (Å²) in [7, 11) is 1.71. The molecular formula is C30H36N4OS. The van der Waals surface area contributed by atoms with Crippen LogP contribution >= 0.6 is 12.2 Å². The minimum absolute atomic E-state index is 0.0160. The van der Waals surface area contributed by atoms with Gasteiger partial charge in [0.05, 0.1) is 18.7 Å². The number of piperidine rings is 3. The quantitative estimate of drug-likeness (QED) is 0.315. The summed E-state index contributed by atoms with van der Waals surface area (Å²) >= 11 is 5.94. The molecule has 6 heteroatoms. The Morgan fingerprint density at radius 3 is 2.64 bits per heavy atom. The van der Waals surface area contributed by atoms with E-state index >= 15 is 0 Å². The number of aryl methyl sites for hydroxylation is 3. The lowest BCUT2D eigenvalue weighted by Gasteiger charge is -2.52. The average molecular weight is 501 g/mol. The Labute approximate surface area is 219 Å². The third kappa shape index (κ3) is 4.72. The van der Waals surface area contributed by atoms with Crippen LogP contribution in [0.3, 0.4) is 0 Å². The van der Waals surface area contributed by atoms with Crippen LogP contribution in [0.4, 0.5) is 5.69 Å². The zero-order chi connectivity index (χ0) is 25.4. The van der Waals surface area contributed by atoms with Gasteiger partial charge in [-0.25, -0.2) is 0 Å². The molecular weight excluding hydrogens is 464 g/mol. The van der Waals surface area contributed by atoms with Crippen molar-refractivity contribution in [2.45, 2.75) is 45.7 Å². The van der Waals surface area contributed by atoms with E-state index in [1.54, 1.807) is 7.11 Å². The number of rotatable bonds is 6. The molecule has 0 saturated carbocycles. The van der Waals surface area contributed by atoms with E-state index in [0.29, 0.717) is 23.0 Å². The summed E-state index contributed by atoms with van der Waals surface area (Å²) in [6, 6.07) is 13.0. The molecule has 188 valence electrons. The van der Waals surface area contributed by atoms with Crippen molar-refractivity contribution >= 4 is 33.9 Å². The largest absolute Gasteiger partial charge is 0.497 e. The number of nitrogens with one attached hydrogen (secondary N) is 2. The van der Waals surface area contributed by atoms with Gasteiger partial charge in [0.25, 0.3) is 0 Å². The lowest BCUT2D eigenvalue weighted by molar-refractivity contribution is 0.00443. The van der Waals surface area contributed by atoms with Crippen molar-refractivity contribution in [3.63, 3.8) is 0 Å².